The third-order valence-corrected chi connectivity index (χ3v) is 5.40. The molecule has 1 aliphatic heterocycles. The molecular weight excluding hydrogens is 332 g/mol. The van der Waals surface area contributed by atoms with E-state index in [1.54, 1.807) is 18.3 Å². The maximum atomic E-state index is 14.6. The van der Waals surface area contributed by atoms with Crippen LogP contribution in [0.2, 0.25) is 0 Å². The van der Waals surface area contributed by atoms with Crippen LogP contribution in [-0.4, -0.2) is 28.2 Å². The van der Waals surface area contributed by atoms with E-state index in [9.17, 15) is 13.3 Å². The predicted molar refractivity (Wildman–Crippen MR) is 94.1 cm³/mol. The normalized spacial score (nSPS) is 22.0. The highest BCUT2D eigenvalue weighted by atomic mass is 32.2. The Morgan fingerprint density at radius 2 is 2.08 bits per heavy atom. The summed E-state index contributed by atoms with van der Waals surface area (Å²) >= 11 is -1.35. The Labute approximate surface area is 145 Å². The maximum absolute atomic E-state index is 14.6. The highest BCUT2D eigenvalue weighted by molar-refractivity contribution is 7.91. The first-order valence-electron chi connectivity index (χ1n) is 8.18. The van der Waals surface area contributed by atoms with Crippen LogP contribution in [0.4, 0.5) is 8.78 Å². The zero-order valence-corrected chi connectivity index (χ0v) is 15.4. The van der Waals surface area contributed by atoms with Gasteiger partial charge in [0.25, 0.3) is 5.92 Å². The molecule has 0 bridgehead atoms. The molecule has 0 amide bonds. The van der Waals surface area contributed by atoms with Crippen molar-refractivity contribution in [1.29, 1.82) is 0 Å². The first-order chi connectivity index (χ1) is 11.1. The Balaban J connectivity index is 2.16. The van der Waals surface area contributed by atoms with Crippen LogP contribution in [0.5, 0.6) is 0 Å². The van der Waals surface area contributed by atoms with Crippen molar-refractivity contribution in [2.24, 2.45) is 4.40 Å². The number of benzene rings is 1. The molecule has 1 aromatic carbocycles. The van der Waals surface area contributed by atoms with Crippen LogP contribution in [0.25, 0.3) is 0 Å². The smallest absolute Gasteiger partial charge is 0.298 e. The maximum Gasteiger partial charge on any atom is 0.298 e. The van der Waals surface area contributed by atoms with E-state index in [4.69, 9.17) is 4.74 Å². The largest absolute Gasteiger partial charge is 0.591 e. The topological polar surface area (TPSA) is 44.7 Å². The summed E-state index contributed by atoms with van der Waals surface area (Å²) in [5.41, 5.74) is 0.684. The van der Waals surface area contributed by atoms with Crippen molar-refractivity contribution in [2.45, 2.75) is 63.2 Å². The molecule has 0 saturated carbocycles. The van der Waals surface area contributed by atoms with Crippen molar-refractivity contribution < 1.29 is 18.1 Å². The Bertz CT molecular complexity index is 581. The molecule has 1 heterocycles. The van der Waals surface area contributed by atoms with Gasteiger partial charge in [0.2, 0.25) is 0 Å². The molecule has 2 rings (SSSR count). The van der Waals surface area contributed by atoms with Crippen LogP contribution >= 0.6 is 0 Å². The molecule has 24 heavy (non-hydrogen) atoms. The number of rotatable bonds is 5. The molecule has 1 aromatic rings. The standard InChI is InChI=1S/C18H25F2NO2S/c1-13(12-21-24(22)17(2,3)4)14-7-5-8-15(11-14)18(19,20)16-9-6-10-23-16/h5,7-8,11-13,16H,6,9-10H2,1-4H3. The Morgan fingerprint density at radius 1 is 1.38 bits per heavy atom. The molecule has 0 N–H and O–H groups in total. The Kier molecular flexibility index (Phi) is 6.04. The average Bonchev–Trinajstić information content (AvgIpc) is 3.06. The van der Waals surface area contributed by atoms with E-state index in [0.29, 0.717) is 19.4 Å². The van der Waals surface area contributed by atoms with Crippen molar-refractivity contribution in [3.63, 3.8) is 0 Å². The lowest BCUT2D eigenvalue weighted by molar-refractivity contribution is -0.122. The molecule has 0 aliphatic carbocycles. The van der Waals surface area contributed by atoms with Gasteiger partial charge in [-0.05, 0) is 45.2 Å². The van der Waals surface area contributed by atoms with E-state index in [1.165, 1.54) is 12.1 Å². The number of hydrogen-bond acceptors (Lipinski definition) is 3. The van der Waals surface area contributed by atoms with Gasteiger partial charge in [-0.25, -0.2) is 0 Å². The number of alkyl halides is 2. The summed E-state index contributed by atoms with van der Waals surface area (Å²) in [5, 5.41) is 0. The van der Waals surface area contributed by atoms with Gasteiger partial charge in [-0.3, -0.25) is 0 Å². The van der Waals surface area contributed by atoms with Crippen LogP contribution in [0.1, 0.15) is 57.6 Å². The molecule has 1 fully saturated rings. The molecule has 1 saturated heterocycles. The SMILES string of the molecule is CC(C=N[S+]([O-])C(C)(C)C)c1cccc(C(F)(F)C2CCCO2)c1. The van der Waals surface area contributed by atoms with E-state index in [1.807, 2.05) is 27.7 Å². The lowest BCUT2D eigenvalue weighted by Crippen LogP contribution is -2.30. The van der Waals surface area contributed by atoms with Gasteiger partial charge >= 0.3 is 0 Å². The second-order valence-corrected chi connectivity index (χ2v) is 9.09. The summed E-state index contributed by atoms with van der Waals surface area (Å²) in [6, 6.07) is 6.34. The minimum absolute atomic E-state index is 0.0379. The third-order valence-electron chi connectivity index (χ3n) is 4.04. The van der Waals surface area contributed by atoms with Crippen LogP contribution < -0.4 is 0 Å². The second kappa shape index (κ2) is 7.50. The number of halogens is 2. The molecule has 3 nitrogen and oxygen atoms in total. The fourth-order valence-electron chi connectivity index (χ4n) is 2.47. The quantitative estimate of drug-likeness (QED) is 0.571. The summed E-state index contributed by atoms with van der Waals surface area (Å²) in [6.45, 7) is 7.77. The molecular formula is C18H25F2NO2S. The van der Waals surface area contributed by atoms with E-state index in [-0.39, 0.29) is 11.5 Å². The number of ether oxygens (including phenoxy) is 1. The highest BCUT2D eigenvalue weighted by Gasteiger charge is 2.44. The van der Waals surface area contributed by atoms with Gasteiger partial charge in [0.15, 0.2) is 0 Å². The molecule has 6 heteroatoms. The van der Waals surface area contributed by atoms with E-state index >= 15 is 0 Å². The predicted octanol–water partition coefficient (Wildman–Crippen LogP) is 4.59. The lowest BCUT2D eigenvalue weighted by atomic mass is 9.95. The van der Waals surface area contributed by atoms with E-state index in [0.717, 1.165) is 5.56 Å². The number of hydrogen-bond donors (Lipinski definition) is 0. The fraction of sp³-hybridized carbons (Fsp3) is 0.611. The zero-order valence-electron chi connectivity index (χ0n) is 14.6. The summed E-state index contributed by atoms with van der Waals surface area (Å²) < 4.78 is 49.9. The molecule has 1 aliphatic rings. The number of nitrogens with zero attached hydrogens (tertiary/aromatic N) is 1. The first kappa shape index (κ1) is 19.3. The van der Waals surface area contributed by atoms with Crippen molar-refractivity contribution in [3.8, 4) is 0 Å². The van der Waals surface area contributed by atoms with Gasteiger partial charge in [-0.2, -0.15) is 8.78 Å². The average molecular weight is 357 g/mol. The summed E-state index contributed by atoms with van der Waals surface area (Å²) in [5.74, 6) is -3.20. The van der Waals surface area contributed by atoms with Crippen molar-refractivity contribution >= 4 is 17.6 Å². The third kappa shape index (κ3) is 4.55. The van der Waals surface area contributed by atoms with Gasteiger partial charge in [-0.15, -0.1) is 0 Å². The zero-order chi connectivity index (χ0) is 18.0. The van der Waals surface area contributed by atoms with Gasteiger partial charge in [0.05, 0.1) is 6.21 Å². The molecule has 0 spiro atoms. The molecule has 0 aromatic heterocycles. The van der Waals surface area contributed by atoms with Gasteiger partial charge in [0.1, 0.15) is 22.2 Å². The van der Waals surface area contributed by atoms with E-state index in [2.05, 4.69) is 4.40 Å². The fourth-order valence-corrected chi connectivity index (χ4v) is 3.08. The molecule has 3 unspecified atom stereocenters. The van der Waals surface area contributed by atoms with Crippen molar-refractivity contribution in [3.05, 3.63) is 35.4 Å². The van der Waals surface area contributed by atoms with Crippen molar-refractivity contribution in [1.82, 2.24) is 0 Å². The molecule has 3 atom stereocenters. The Morgan fingerprint density at radius 3 is 2.67 bits per heavy atom. The lowest BCUT2D eigenvalue weighted by Gasteiger charge is -2.23. The monoisotopic (exact) mass is 357 g/mol. The van der Waals surface area contributed by atoms with E-state index < -0.39 is 28.1 Å². The molecule has 134 valence electrons. The van der Waals surface area contributed by atoms with Crippen LogP contribution in [0, 0.1) is 0 Å². The van der Waals surface area contributed by atoms with Gasteiger partial charge in [0, 0.05) is 18.1 Å². The highest BCUT2D eigenvalue weighted by Crippen LogP contribution is 2.38. The summed E-state index contributed by atoms with van der Waals surface area (Å²) in [4.78, 5) is 0. The van der Waals surface area contributed by atoms with Crippen LogP contribution in [-0.2, 0) is 22.0 Å². The minimum atomic E-state index is -3.00. The van der Waals surface area contributed by atoms with Crippen LogP contribution in [0.15, 0.2) is 28.7 Å². The van der Waals surface area contributed by atoms with Crippen LogP contribution in [0.3, 0.4) is 0 Å². The second-order valence-electron chi connectivity index (χ2n) is 7.15. The molecule has 0 radical (unpaired) electrons. The first-order valence-corrected chi connectivity index (χ1v) is 9.29. The van der Waals surface area contributed by atoms with Crippen molar-refractivity contribution in [2.75, 3.05) is 6.61 Å². The summed E-state index contributed by atoms with van der Waals surface area (Å²) in [7, 11) is 0. The van der Waals surface area contributed by atoms with Gasteiger partial charge in [-0.1, -0.05) is 29.5 Å². The Hall–Kier alpha value is -0.980. The minimum Gasteiger partial charge on any atom is -0.591 e. The summed E-state index contributed by atoms with van der Waals surface area (Å²) in [6.07, 6.45) is 1.57. The van der Waals surface area contributed by atoms with Gasteiger partial charge < -0.3 is 9.29 Å².